The lowest BCUT2D eigenvalue weighted by Crippen LogP contribution is -2.29. The Hall–Kier alpha value is -1.09. The van der Waals surface area contributed by atoms with E-state index >= 15 is 0 Å². The van der Waals surface area contributed by atoms with Gasteiger partial charge in [0.2, 0.25) is 0 Å². The Bertz CT molecular complexity index is 392. The van der Waals surface area contributed by atoms with E-state index in [4.69, 9.17) is 0 Å². The summed E-state index contributed by atoms with van der Waals surface area (Å²) in [5.74, 6) is -0.132. The molecule has 0 spiro atoms. The largest absolute Gasteiger partial charge is 0.370 e. The third kappa shape index (κ3) is 4.20. The smallest absolute Gasteiger partial charge is 0.146 e. The van der Waals surface area contributed by atoms with Crippen LogP contribution in [-0.2, 0) is 0 Å². The SMILES string of the molecule is CCCC(C)N(C)c1ccc(C(C)NCC)cc1F. The third-order valence-electron chi connectivity index (χ3n) is 3.73. The Morgan fingerprint density at radius 2 is 1.95 bits per heavy atom. The van der Waals surface area contributed by atoms with Gasteiger partial charge in [0.05, 0.1) is 5.69 Å². The van der Waals surface area contributed by atoms with Crippen molar-refractivity contribution in [1.29, 1.82) is 0 Å². The minimum Gasteiger partial charge on any atom is -0.370 e. The molecule has 0 bridgehead atoms. The maximum absolute atomic E-state index is 14.2. The number of nitrogens with one attached hydrogen (secondary N) is 1. The molecule has 0 aromatic heterocycles. The second kappa shape index (κ2) is 7.49. The van der Waals surface area contributed by atoms with E-state index in [0.717, 1.165) is 24.9 Å². The van der Waals surface area contributed by atoms with Crippen LogP contribution in [0.25, 0.3) is 0 Å². The van der Waals surface area contributed by atoms with Crippen molar-refractivity contribution < 1.29 is 4.39 Å². The first-order valence-corrected chi connectivity index (χ1v) is 7.26. The van der Waals surface area contributed by atoms with E-state index < -0.39 is 0 Å². The van der Waals surface area contributed by atoms with Crippen molar-refractivity contribution in [2.24, 2.45) is 0 Å². The van der Waals surface area contributed by atoms with Crippen LogP contribution in [0.5, 0.6) is 0 Å². The highest BCUT2D eigenvalue weighted by Gasteiger charge is 2.15. The molecule has 0 radical (unpaired) electrons. The highest BCUT2D eigenvalue weighted by molar-refractivity contribution is 5.49. The Kier molecular flexibility index (Phi) is 6.29. The first-order valence-electron chi connectivity index (χ1n) is 7.26. The summed E-state index contributed by atoms with van der Waals surface area (Å²) in [6.45, 7) is 9.29. The first-order chi connectivity index (χ1) is 9.01. The average Bonchev–Trinajstić information content (AvgIpc) is 2.38. The molecule has 1 rings (SSSR count). The molecule has 108 valence electrons. The van der Waals surface area contributed by atoms with E-state index in [2.05, 4.69) is 33.0 Å². The summed E-state index contributed by atoms with van der Waals surface area (Å²) in [5, 5.41) is 3.30. The molecular weight excluding hydrogens is 239 g/mol. The number of hydrogen-bond acceptors (Lipinski definition) is 2. The van der Waals surface area contributed by atoms with Crippen molar-refractivity contribution in [3.05, 3.63) is 29.6 Å². The van der Waals surface area contributed by atoms with Gasteiger partial charge in [0.25, 0.3) is 0 Å². The Labute approximate surface area is 117 Å². The monoisotopic (exact) mass is 266 g/mol. The second-order valence-electron chi connectivity index (χ2n) is 5.24. The molecule has 2 atom stereocenters. The van der Waals surface area contributed by atoms with Crippen molar-refractivity contribution in [2.45, 2.75) is 52.6 Å². The van der Waals surface area contributed by atoms with Crippen molar-refractivity contribution in [3.63, 3.8) is 0 Å². The molecule has 0 amide bonds. The summed E-state index contributed by atoms with van der Waals surface area (Å²) in [6, 6.07) is 6.10. The fraction of sp³-hybridized carbons (Fsp3) is 0.625. The molecule has 19 heavy (non-hydrogen) atoms. The standard InChI is InChI=1S/C16H27FN2/c1-6-8-12(3)19(5)16-10-9-14(11-15(16)17)13(4)18-7-2/h9-13,18H,6-8H2,1-5H3. The molecule has 0 aliphatic heterocycles. The van der Waals surface area contributed by atoms with Gasteiger partial charge >= 0.3 is 0 Å². The molecule has 2 unspecified atom stereocenters. The van der Waals surface area contributed by atoms with Gasteiger partial charge in [-0.15, -0.1) is 0 Å². The Balaban J connectivity index is 2.87. The van der Waals surface area contributed by atoms with E-state index in [-0.39, 0.29) is 11.9 Å². The zero-order chi connectivity index (χ0) is 14.4. The topological polar surface area (TPSA) is 15.3 Å². The molecule has 0 saturated heterocycles. The first kappa shape index (κ1) is 16.0. The third-order valence-corrected chi connectivity index (χ3v) is 3.73. The van der Waals surface area contributed by atoms with Crippen LogP contribution < -0.4 is 10.2 Å². The number of anilines is 1. The van der Waals surface area contributed by atoms with Gasteiger partial charge < -0.3 is 10.2 Å². The Morgan fingerprint density at radius 1 is 1.26 bits per heavy atom. The quantitative estimate of drug-likeness (QED) is 0.798. The normalized spacial score (nSPS) is 14.2. The van der Waals surface area contributed by atoms with Gasteiger partial charge in [0, 0.05) is 19.1 Å². The zero-order valence-corrected chi connectivity index (χ0v) is 12.8. The van der Waals surface area contributed by atoms with Crippen molar-refractivity contribution >= 4 is 5.69 Å². The predicted octanol–water partition coefficient (Wildman–Crippen LogP) is 4.12. The van der Waals surface area contributed by atoms with Gasteiger partial charge in [-0.3, -0.25) is 0 Å². The van der Waals surface area contributed by atoms with Crippen LogP contribution in [-0.4, -0.2) is 19.6 Å². The molecule has 0 heterocycles. The van der Waals surface area contributed by atoms with E-state index in [9.17, 15) is 4.39 Å². The number of hydrogen-bond donors (Lipinski definition) is 1. The zero-order valence-electron chi connectivity index (χ0n) is 12.8. The summed E-state index contributed by atoms with van der Waals surface area (Å²) in [7, 11) is 1.96. The second-order valence-corrected chi connectivity index (χ2v) is 5.24. The molecule has 2 nitrogen and oxygen atoms in total. The lowest BCUT2D eigenvalue weighted by molar-refractivity contribution is 0.568. The maximum Gasteiger partial charge on any atom is 0.146 e. The fourth-order valence-electron chi connectivity index (χ4n) is 2.35. The van der Waals surface area contributed by atoms with Crippen molar-refractivity contribution in [2.75, 3.05) is 18.5 Å². The number of nitrogens with zero attached hydrogens (tertiary/aromatic N) is 1. The molecule has 0 saturated carbocycles. The van der Waals surface area contributed by atoms with Gasteiger partial charge in [-0.25, -0.2) is 4.39 Å². The lowest BCUT2D eigenvalue weighted by atomic mass is 10.1. The summed E-state index contributed by atoms with van der Waals surface area (Å²) < 4.78 is 14.2. The van der Waals surface area contributed by atoms with Gasteiger partial charge in [-0.05, 0) is 44.5 Å². The van der Waals surface area contributed by atoms with Crippen LogP contribution in [0.1, 0.15) is 52.1 Å². The van der Waals surface area contributed by atoms with Gasteiger partial charge in [0.1, 0.15) is 5.82 Å². The highest BCUT2D eigenvalue weighted by atomic mass is 19.1. The van der Waals surface area contributed by atoms with Crippen LogP contribution in [0, 0.1) is 5.82 Å². The molecule has 1 aromatic carbocycles. The highest BCUT2D eigenvalue weighted by Crippen LogP contribution is 2.25. The molecule has 1 N–H and O–H groups in total. The van der Waals surface area contributed by atoms with Crippen LogP contribution in [0.4, 0.5) is 10.1 Å². The molecule has 1 aromatic rings. The fourth-order valence-corrected chi connectivity index (χ4v) is 2.35. The number of rotatable bonds is 7. The van der Waals surface area contributed by atoms with Crippen LogP contribution in [0.2, 0.25) is 0 Å². The maximum atomic E-state index is 14.2. The summed E-state index contributed by atoms with van der Waals surface area (Å²) >= 11 is 0. The molecular formula is C16H27FN2. The minimum absolute atomic E-state index is 0.132. The molecule has 0 fully saturated rings. The van der Waals surface area contributed by atoms with E-state index in [0.29, 0.717) is 11.7 Å². The summed E-state index contributed by atoms with van der Waals surface area (Å²) in [5.41, 5.74) is 1.69. The van der Waals surface area contributed by atoms with Gasteiger partial charge in [-0.1, -0.05) is 26.3 Å². The number of halogens is 1. The van der Waals surface area contributed by atoms with Crippen LogP contribution in [0.3, 0.4) is 0 Å². The molecule has 0 aliphatic rings. The average molecular weight is 266 g/mol. The lowest BCUT2D eigenvalue weighted by Gasteiger charge is -2.27. The number of benzene rings is 1. The summed E-state index contributed by atoms with van der Waals surface area (Å²) in [4.78, 5) is 2.03. The van der Waals surface area contributed by atoms with Gasteiger partial charge in [0.15, 0.2) is 0 Å². The van der Waals surface area contributed by atoms with E-state index in [1.165, 1.54) is 0 Å². The van der Waals surface area contributed by atoms with Crippen molar-refractivity contribution in [1.82, 2.24) is 5.32 Å². The Morgan fingerprint density at radius 3 is 2.47 bits per heavy atom. The molecule has 3 heteroatoms. The summed E-state index contributed by atoms with van der Waals surface area (Å²) in [6.07, 6.45) is 2.19. The van der Waals surface area contributed by atoms with Gasteiger partial charge in [-0.2, -0.15) is 0 Å². The molecule has 0 aliphatic carbocycles. The van der Waals surface area contributed by atoms with E-state index in [1.54, 1.807) is 6.07 Å². The van der Waals surface area contributed by atoms with Crippen LogP contribution in [0.15, 0.2) is 18.2 Å². The minimum atomic E-state index is -0.132. The predicted molar refractivity (Wildman–Crippen MR) is 81.3 cm³/mol. The van der Waals surface area contributed by atoms with E-state index in [1.807, 2.05) is 24.1 Å². The van der Waals surface area contributed by atoms with Crippen molar-refractivity contribution in [3.8, 4) is 0 Å². The van der Waals surface area contributed by atoms with Crippen LogP contribution >= 0.6 is 0 Å².